The molecule has 0 radical (unpaired) electrons. The van der Waals surface area contributed by atoms with Crippen molar-refractivity contribution in [2.45, 2.75) is 74.0 Å². The summed E-state index contributed by atoms with van der Waals surface area (Å²) >= 11 is 0. The third kappa shape index (κ3) is 4.84. The van der Waals surface area contributed by atoms with Crippen LogP contribution in [-0.4, -0.2) is 70.3 Å². The Balaban J connectivity index is 6.89. The molecular weight excluding hydrogens is 591 g/mol. The summed E-state index contributed by atoms with van der Waals surface area (Å²) in [6.45, 7) is -0.0916. The van der Waals surface area contributed by atoms with Crippen LogP contribution in [0.1, 0.15) is 20.8 Å². The molecular formula is C17H13F17O4. The van der Waals surface area contributed by atoms with Crippen molar-refractivity contribution in [1.82, 2.24) is 0 Å². The summed E-state index contributed by atoms with van der Waals surface area (Å²) in [5, 5.41) is 8.08. The van der Waals surface area contributed by atoms with Crippen molar-refractivity contribution in [1.29, 1.82) is 0 Å². The van der Waals surface area contributed by atoms with Gasteiger partial charge in [-0.25, -0.2) is 14.0 Å². The van der Waals surface area contributed by atoms with E-state index >= 15 is 0 Å². The molecule has 0 rings (SSSR count). The van der Waals surface area contributed by atoms with Crippen LogP contribution in [0, 0.1) is 5.92 Å². The molecule has 21 heteroatoms. The first-order valence-electron chi connectivity index (χ1n) is 9.11. The highest BCUT2D eigenvalue weighted by molar-refractivity contribution is 5.90. The number of aliphatic carboxylic acids is 1. The molecule has 1 unspecified atom stereocenters. The summed E-state index contributed by atoms with van der Waals surface area (Å²) in [4.78, 5) is 20.9. The number of alkyl halides is 17. The Morgan fingerprint density at radius 3 is 1.16 bits per heavy atom. The molecule has 0 heterocycles. The van der Waals surface area contributed by atoms with Gasteiger partial charge in [0.1, 0.15) is 0 Å². The highest BCUT2D eigenvalue weighted by atomic mass is 19.4. The SMILES string of the molecule is CC(C)C(C)(F)C(F)(F)C(F)(F)C(F)(F)C(F)(F)C(F)(F)C(F)(F)C(F)(F)C(F)(F)OC(=O)C=CC(=O)O. The van der Waals surface area contributed by atoms with E-state index in [1.54, 1.807) is 0 Å². The lowest BCUT2D eigenvalue weighted by Crippen LogP contribution is -2.76. The van der Waals surface area contributed by atoms with Gasteiger partial charge in [0.05, 0.1) is 0 Å². The van der Waals surface area contributed by atoms with E-state index in [0.29, 0.717) is 0 Å². The summed E-state index contributed by atoms with van der Waals surface area (Å²) in [5.41, 5.74) is -4.98. The normalized spacial score (nSPS) is 17.1. The van der Waals surface area contributed by atoms with Gasteiger partial charge in [-0.3, -0.25) is 0 Å². The molecule has 0 fully saturated rings. The molecule has 0 aliphatic carbocycles. The Morgan fingerprint density at radius 2 is 0.868 bits per heavy atom. The lowest BCUT2D eigenvalue weighted by molar-refractivity contribution is -0.471. The summed E-state index contributed by atoms with van der Waals surface area (Å²) in [6.07, 6.45) is -8.63. The third-order valence-corrected chi connectivity index (χ3v) is 5.02. The molecule has 4 nitrogen and oxygen atoms in total. The molecule has 1 N–H and O–H groups in total. The van der Waals surface area contributed by atoms with E-state index in [9.17, 15) is 84.2 Å². The van der Waals surface area contributed by atoms with Gasteiger partial charge in [0.25, 0.3) is 0 Å². The van der Waals surface area contributed by atoms with Gasteiger partial charge < -0.3 is 9.84 Å². The first kappa shape index (κ1) is 35.5. The number of carboxylic acids is 1. The zero-order chi connectivity index (χ0) is 31.4. The summed E-state index contributed by atoms with van der Waals surface area (Å²) in [7, 11) is 0. The summed E-state index contributed by atoms with van der Waals surface area (Å²) in [6, 6.07) is 0. The Labute approximate surface area is 199 Å². The van der Waals surface area contributed by atoms with E-state index in [4.69, 9.17) is 5.11 Å². The molecule has 0 aliphatic rings. The number of esters is 1. The second kappa shape index (κ2) is 9.60. The molecule has 0 bridgehead atoms. The van der Waals surface area contributed by atoms with E-state index in [1.165, 1.54) is 0 Å². The number of carboxylic acid groups (broad SMARTS) is 1. The average molecular weight is 604 g/mol. The van der Waals surface area contributed by atoms with Crippen LogP contribution in [0.3, 0.4) is 0 Å². The standard InChI is InChI=1S/C17H13F17O4/c1-6(2)9(3,18)10(19,20)11(21,22)12(23,24)13(25,26)14(27,28)15(29,30)16(31,32)17(33,34)38-8(37)5-4-7(35)36/h4-6H,1-3H3,(H,35,36). The number of rotatable bonds is 12. The molecule has 0 aromatic rings. The molecule has 38 heavy (non-hydrogen) atoms. The number of carbonyl (C=O) groups excluding carboxylic acids is 1. The summed E-state index contributed by atoms with van der Waals surface area (Å²) < 4.78 is 236. The minimum absolute atomic E-state index is 0.263. The van der Waals surface area contributed by atoms with E-state index in [0.717, 1.165) is 0 Å². The smallest absolute Gasteiger partial charge is 0.473 e. The molecule has 0 aliphatic heterocycles. The van der Waals surface area contributed by atoms with Crippen molar-refractivity contribution < 1.29 is 94.1 Å². The quantitative estimate of drug-likeness (QED) is 0.155. The van der Waals surface area contributed by atoms with E-state index in [2.05, 4.69) is 4.74 Å². The van der Waals surface area contributed by atoms with Crippen LogP contribution in [0.4, 0.5) is 74.6 Å². The van der Waals surface area contributed by atoms with E-state index in [-0.39, 0.29) is 13.8 Å². The summed E-state index contributed by atoms with van der Waals surface area (Å²) in [5.74, 6) is -65.9. The van der Waals surface area contributed by atoms with Gasteiger partial charge in [0.15, 0.2) is 5.67 Å². The average Bonchev–Trinajstić information content (AvgIpc) is 2.70. The first-order chi connectivity index (χ1) is 16.3. The van der Waals surface area contributed by atoms with Crippen LogP contribution >= 0.6 is 0 Å². The van der Waals surface area contributed by atoms with Crippen LogP contribution in [0.2, 0.25) is 0 Å². The Bertz CT molecular complexity index is 937. The zero-order valence-electron chi connectivity index (χ0n) is 18.3. The fourth-order valence-corrected chi connectivity index (χ4v) is 2.20. The zero-order valence-corrected chi connectivity index (χ0v) is 18.3. The van der Waals surface area contributed by atoms with Crippen LogP contribution in [0.25, 0.3) is 0 Å². The number of ether oxygens (including phenoxy) is 1. The van der Waals surface area contributed by atoms with Gasteiger partial charge in [0.2, 0.25) is 0 Å². The molecule has 0 aromatic heterocycles. The van der Waals surface area contributed by atoms with Crippen molar-refractivity contribution in [3.8, 4) is 0 Å². The lowest BCUT2D eigenvalue weighted by Gasteiger charge is -2.45. The highest BCUT2D eigenvalue weighted by Gasteiger charge is 2.96. The largest absolute Gasteiger partial charge is 0.478 e. The fourth-order valence-electron chi connectivity index (χ4n) is 2.20. The van der Waals surface area contributed by atoms with Crippen LogP contribution in [-0.2, 0) is 14.3 Å². The maximum atomic E-state index is 14.1. The number of hydrogen-bond acceptors (Lipinski definition) is 3. The van der Waals surface area contributed by atoms with Crippen molar-refractivity contribution in [3.05, 3.63) is 12.2 Å². The van der Waals surface area contributed by atoms with Gasteiger partial charge >= 0.3 is 59.5 Å². The lowest BCUT2D eigenvalue weighted by atomic mass is 9.80. The minimum Gasteiger partial charge on any atom is -0.478 e. The van der Waals surface area contributed by atoms with E-state index in [1.807, 2.05) is 0 Å². The van der Waals surface area contributed by atoms with E-state index < -0.39 is 90.2 Å². The van der Waals surface area contributed by atoms with Gasteiger partial charge in [-0.1, -0.05) is 13.8 Å². The first-order valence-corrected chi connectivity index (χ1v) is 9.11. The molecule has 0 saturated carbocycles. The van der Waals surface area contributed by atoms with Crippen LogP contribution in [0.15, 0.2) is 12.2 Å². The number of carbonyl (C=O) groups is 2. The number of halogens is 17. The van der Waals surface area contributed by atoms with Gasteiger partial charge in [-0.05, 0) is 12.8 Å². The van der Waals surface area contributed by atoms with Gasteiger partial charge in [-0.15, -0.1) is 0 Å². The Morgan fingerprint density at radius 1 is 0.579 bits per heavy atom. The third-order valence-electron chi connectivity index (χ3n) is 5.02. The minimum atomic E-state index is -8.80. The molecule has 0 amide bonds. The maximum absolute atomic E-state index is 14.1. The fraction of sp³-hybridized carbons (Fsp3) is 0.765. The predicted octanol–water partition coefficient (Wildman–Crippen LogP) is 6.59. The van der Waals surface area contributed by atoms with Crippen molar-refractivity contribution >= 4 is 11.9 Å². The predicted molar refractivity (Wildman–Crippen MR) is 86.8 cm³/mol. The molecule has 224 valence electrons. The maximum Gasteiger partial charge on any atom is 0.473 e. The second-order valence-corrected chi connectivity index (χ2v) is 7.86. The van der Waals surface area contributed by atoms with Crippen LogP contribution in [0.5, 0.6) is 0 Å². The molecule has 0 spiro atoms. The molecule has 0 saturated heterocycles. The Hall–Kier alpha value is -2.51. The van der Waals surface area contributed by atoms with Gasteiger partial charge in [0, 0.05) is 12.2 Å². The topological polar surface area (TPSA) is 63.6 Å². The van der Waals surface area contributed by atoms with Crippen molar-refractivity contribution in [3.63, 3.8) is 0 Å². The molecule has 0 aromatic carbocycles. The van der Waals surface area contributed by atoms with Crippen LogP contribution < -0.4 is 0 Å². The highest BCUT2D eigenvalue weighted by Crippen LogP contribution is 2.65. The molecule has 1 atom stereocenters. The number of hydrogen-bond donors (Lipinski definition) is 1. The van der Waals surface area contributed by atoms with Crippen molar-refractivity contribution in [2.75, 3.05) is 0 Å². The Kier molecular flexibility index (Phi) is 8.96. The monoisotopic (exact) mass is 604 g/mol. The van der Waals surface area contributed by atoms with Gasteiger partial charge in [-0.2, -0.15) is 70.2 Å². The second-order valence-electron chi connectivity index (χ2n) is 7.86. The van der Waals surface area contributed by atoms with Crippen molar-refractivity contribution in [2.24, 2.45) is 5.92 Å².